The smallest absolute Gasteiger partial charge is 0.433 e. The van der Waals surface area contributed by atoms with Gasteiger partial charge < -0.3 is 9.47 Å². The molecule has 2 rings (SSSR count). The summed E-state index contributed by atoms with van der Waals surface area (Å²) in [6.07, 6.45) is -4.56. The van der Waals surface area contributed by atoms with E-state index in [0.29, 0.717) is 12.4 Å². The highest BCUT2D eigenvalue weighted by atomic mass is 19.4. The fourth-order valence-corrected chi connectivity index (χ4v) is 1.90. The molecule has 1 heterocycles. The van der Waals surface area contributed by atoms with Crippen molar-refractivity contribution in [3.8, 4) is 11.5 Å². The van der Waals surface area contributed by atoms with Gasteiger partial charge in [-0.05, 0) is 38.1 Å². The predicted molar refractivity (Wildman–Crippen MR) is 76.5 cm³/mol. The summed E-state index contributed by atoms with van der Waals surface area (Å²) in [5, 5.41) is 0. The molecule has 0 aliphatic rings. The average molecular weight is 325 g/mol. The van der Waals surface area contributed by atoms with E-state index in [9.17, 15) is 18.0 Å². The van der Waals surface area contributed by atoms with Crippen molar-refractivity contribution in [2.24, 2.45) is 0 Å². The van der Waals surface area contributed by atoms with Crippen LogP contribution in [0.2, 0.25) is 0 Å². The Morgan fingerprint density at radius 1 is 1.13 bits per heavy atom. The molecule has 0 aliphatic carbocycles. The minimum Gasteiger partial charge on any atom is -0.490 e. The minimum atomic E-state index is -4.56. The number of carbonyl (C=O) groups excluding carboxylic acids is 1. The molecule has 0 saturated heterocycles. The SMILES string of the molecule is CCOc1ccccc1OC(=O)c1ccc(C(F)(F)F)nc1C. The lowest BCUT2D eigenvalue weighted by molar-refractivity contribution is -0.141. The second-order valence-corrected chi connectivity index (χ2v) is 4.60. The molecule has 0 atom stereocenters. The number of esters is 1. The number of ether oxygens (including phenoxy) is 2. The number of pyridine rings is 1. The molecule has 0 fully saturated rings. The second-order valence-electron chi connectivity index (χ2n) is 4.60. The lowest BCUT2D eigenvalue weighted by Crippen LogP contribution is -2.15. The third-order valence-electron chi connectivity index (χ3n) is 2.95. The molecule has 0 N–H and O–H groups in total. The van der Waals surface area contributed by atoms with Crippen molar-refractivity contribution in [3.63, 3.8) is 0 Å². The molecule has 1 aromatic carbocycles. The zero-order valence-electron chi connectivity index (χ0n) is 12.5. The van der Waals surface area contributed by atoms with Gasteiger partial charge in [0.2, 0.25) is 0 Å². The van der Waals surface area contributed by atoms with Crippen molar-refractivity contribution in [1.82, 2.24) is 4.98 Å². The Morgan fingerprint density at radius 3 is 2.35 bits per heavy atom. The van der Waals surface area contributed by atoms with E-state index in [1.54, 1.807) is 25.1 Å². The molecule has 2 aromatic rings. The quantitative estimate of drug-likeness (QED) is 0.629. The van der Waals surface area contributed by atoms with Crippen LogP contribution in [0.1, 0.15) is 28.7 Å². The molecule has 7 heteroatoms. The molecular formula is C16H14F3NO3. The van der Waals surface area contributed by atoms with Crippen molar-refractivity contribution in [2.45, 2.75) is 20.0 Å². The van der Waals surface area contributed by atoms with E-state index >= 15 is 0 Å². The van der Waals surface area contributed by atoms with Gasteiger partial charge in [-0.2, -0.15) is 13.2 Å². The zero-order chi connectivity index (χ0) is 17.0. The van der Waals surface area contributed by atoms with Crippen LogP contribution in [0.5, 0.6) is 11.5 Å². The van der Waals surface area contributed by atoms with E-state index in [2.05, 4.69) is 4.98 Å². The summed E-state index contributed by atoms with van der Waals surface area (Å²) in [7, 11) is 0. The fourth-order valence-electron chi connectivity index (χ4n) is 1.90. The van der Waals surface area contributed by atoms with Crippen LogP contribution < -0.4 is 9.47 Å². The van der Waals surface area contributed by atoms with E-state index in [1.165, 1.54) is 13.0 Å². The first kappa shape index (κ1) is 16.8. The van der Waals surface area contributed by atoms with Crippen molar-refractivity contribution in [2.75, 3.05) is 6.61 Å². The monoisotopic (exact) mass is 325 g/mol. The summed E-state index contributed by atoms with van der Waals surface area (Å²) < 4.78 is 48.3. The summed E-state index contributed by atoms with van der Waals surface area (Å²) in [5.74, 6) is -0.226. The van der Waals surface area contributed by atoms with Gasteiger partial charge in [-0.3, -0.25) is 0 Å². The highest BCUT2D eigenvalue weighted by Gasteiger charge is 2.33. The normalized spacial score (nSPS) is 11.2. The number of para-hydroxylation sites is 2. The maximum atomic E-state index is 12.6. The third-order valence-corrected chi connectivity index (χ3v) is 2.95. The molecule has 23 heavy (non-hydrogen) atoms. The average Bonchev–Trinajstić information content (AvgIpc) is 2.48. The lowest BCUT2D eigenvalue weighted by atomic mass is 10.2. The van der Waals surface area contributed by atoms with E-state index in [4.69, 9.17) is 9.47 Å². The first-order valence-electron chi connectivity index (χ1n) is 6.81. The van der Waals surface area contributed by atoms with Crippen LogP contribution in [-0.4, -0.2) is 17.6 Å². The zero-order valence-corrected chi connectivity index (χ0v) is 12.5. The fraction of sp³-hybridized carbons (Fsp3) is 0.250. The maximum absolute atomic E-state index is 12.6. The van der Waals surface area contributed by atoms with Gasteiger partial charge in [0.05, 0.1) is 17.9 Å². The minimum absolute atomic E-state index is 0.0377. The van der Waals surface area contributed by atoms with Gasteiger partial charge in [0.25, 0.3) is 0 Å². The number of benzene rings is 1. The Hall–Kier alpha value is -2.57. The van der Waals surface area contributed by atoms with Gasteiger partial charge in [0.1, 0.15) is 5.69 Å². The number of alkyl halides is 3. The summed E-state index contributed by atoms with van der Waals surface area (Å²) in [4.78, 5) is 15.6. The van der Waals surface area contributed by atoms with Gasteiger partial charge in [-0.15, -0.1) is 0 Å². The molecule has 0 aliphatic heterocycles. The Kier molecular flexibility index (Phi) is 4.88. The Morgan fingerprint density at radius 2 is 1.78 bits per heavy atom. The molecule has 1 aromatic heterocycles. The van der Waals surface area contributed by atoms with E-state index < -0.39 is 17.8 Å². The van der Waals surface area contributed by atoms with Crippen LogP contribution in [0.3, 0.4) is 0 Å². The van der Waals surface area contributed by atoms with Crippen LogP contribution in [0.15, 0.2) is 36.4 Å². The molecule has 0 spiro atoms. The molecule has 4 nitrogen and oxygen atoms in total. The summed E-state index contributed by atoms with van der Waals surface area (Å²) >= 11 is 0. The molecule has 0 amide bonds. The molecule has 122 valence electrons. The second kappa shape index (κ2) is 6.68. The van der Waals surface area contributed by atoms with Gasteiger partial charge >= 0.3 is 12.1 Å². The van der Waals surface area contributed by atoms with E-state index in [-0.39, 0.29) is 17.0 Å². The third kappa shape index (κ3) is 4.00. The highest BCUT2D eigenvalue weighted by molar-refractivity contribution is 5.92. The molecule has 0 saturated carbocycles. The predicted octanol–water partition coefficient (Wildman–Crippen LogP) is 4.03. The van der Waals surface area contributed by atoms with Crippen LogP contribution >= 0.6 is 0 Å². The largest absolute Gasteiger partial charge is 0.490 e. The summed E-state index contributed by atoms with van der Waals surface area (Å²) in [6.45, 7) is 3.48. The summed E-state index contributed by atoms with van der Waals surface area (Å²) in [6, 6.07) is 8.34. The number of rotatable bonds is 4. The van der Waals surface area contributed by atoms with Crippen molar-refractivity contribution >= 4 is 5.97 Å². The van der Waals surface area contributed by atoms with E-state index in [1.807, 2.05) is 0 Å². The number of carbonyl (C=O) groups is 1. The number of hydrogen-bond acceptors (Lipinski definition) is 4. The molecule has 0 bridgehead atoms. The van der Waals surface area contributed by atoms with Crippen molar-refractivity contribution < 1.29 is 27.4 Å². The molecular weight excluding hydrogens is 311 g/mol. The van der Waals surface area contributed by atoms with Crippen molar-refractivity contribution in [1.29, 1.82) is 0 Å². The van der Waals surface area contributed by atoms with E-state index in [0.717, 1.165) is 12.1 Å². The van der Waals surface area contributed by atoms with Gasteiger partial charge in [-0.25, -0.2) is 9.78 Å². The van der Waals surface area contributed by atoms with Crippen LogP contribution in [0, 0.1) is 6.92 Å². The van der Waals surface area contributed by atoms with Crippen molar-refractivity contribution in [3.05, 3.63) is 53.3 Å². The molecule has 0 unspecified atom stereocenters. The van der Waals surface area contributed by atoms with Crippen LogP contribution in [0.4, 0.5) is 13.2 Å². The maximum Gasteiger partial charge on any atom is 0.433 e. The van der Waals surface area contributed by atoms with Crippen LogP contribution in [-0.2, 0) is 6.18 Å². The topological polar surface area (TPSA) is 48.4 Å². The number of aromatic nitrogens is 1. The Labute approximate surface area is 130 Å². The summed E-state index contributed by atoms with van der Waals surface area (Å²) in [5.41, 5.74) is -1.15. The standard InChI is InChI=1S/C16H14F3NO3/c1-3-22-12-6-4-5-7-13(12)23-15(21)11-8-9-14(16(17,18)19)20-10(11)2/h4-9H,3H2,1-2H3. The number of halogens is 3. The first-order valence-corrected chi connectivity index (χ1v) is 6.81. The Bertz CT molecular complexity index is 714. The first-order chi connectivity index (χ1) is 10.8. The Balaban J connectivity index is 2.25. The highest BCUT2D eigenvalue weighted by Crippen LogP contribution is 2.30. The van der Waals surface area contributed by atoms with Gasteiger partial charge in [0, 0.05) is 0 Å². The number of nitrogens with zero attached hydrogens (tertiary/aromatic N) is 1. The molecule has 0 radical (unpaired) electrons. The van der Waals surface area contributed by atoms with Gasteiger partial charge in [0.15, 0.2) is 11.5 Å². The van der Waals surface area contributed by atoms with Crippen LogP contribution in [0.25, 0.3) is 0 Å². The number of aryl methyl sites for hydroxylation is 1. The van der Waals surface area contributed by atoms with Gasteiger partial charge in [-0.1, -0.05) is 12.1 Å². The number of hydrogen-bond donors (Lipinski definition) is 0. The lowest BCUT2D eigenvalue weighted by Gasteiger charge is -2.12.